The molecule has 0 bridgehead atoms. The topological polar surface area (TPSA) is 49.5 Å². The molecular weight excluding hydrogens is 212 g/mol. The van der Waals surface area contributed by atoms with Crippen molar-refractivity contribution in [2.75, 3.05) is 20.6 Å². The Morgan fingerprint density at radius 1 is 1.24 bits per heavy atom. The fraction of sp³-hybridized carbons (Fsp3) is 0.571. The lowest BCUT2D eigenvalue weighted by Gasteiger charge is -2.14. The molecule has 0 heterocycles. The van der Waals surface area contributed by atoms with Gasteiger partial charge in [0, 0.05) is 12.1 Å². The molecule has 3 nitrogen and oxygen atoms in total. The summed E-state index contributed by atoms with van der Waals surface area (Å²) in [5, 5.41) is 10.00. The predicted molar refractivity (Wildman–Crippen MR) is 72.2 cm³/mol. The van der Waals surface area contributed by atoms with Crippen molar-refractivity contribution >= 4 is 0 Å². The Bertz CT molecular complexity index is 361. The highest BCUT2D eigenvalue weighted by Crippen LogP contribution is 2.25. The van der Waals surface area contributed by atoms with E-state index in [1.807, 2.05) is 21.0 Å². The van der Waals surface area contributed by atoms with Crippen LogP contribution < -0.4 is 5.73 Å². The van der Waals surface area contributed by atoms with E-state index in [1.54, 1.807) is 0 Å². The van der Waals surface area contributed by atoms with Crippen LogP contribution in [0.3, 0.4) is 0 Å². The van der Waals surface area contributed by atoms with Crippen molar-refractivity contribution in [3.8, 4) is 5.75 Å². The number of aromatic hydroxyl groups is 1. The van der Waals surface area contributed by atoms with Crippen LogP contribution >= 0.6 is 0 Å². The summed E-state index contributed by atoms with van der Waals surface area (Å²) in [6, 6.07) is 4.18. The zero-order valence-electron chi connectivity index (χ0n) is 11.2. The number of hydrogen-bond acceptors (Lipinski definition) is 3. The molecule has 1 aromatic carbocycles. The first-order chi connectivity index (χ1) is 8.04. The smallest absolute Gasteiger partial charge is 0.122 e. The van der Waals surface area contributed by atoms with Gasteiger partial charge >= 0.3 is 0 Å². The summed E-state index contributed by atoms with van der Waals surface area (Å²) in [5.74, 6) is 0.432. The van der Waals surface area contributed by atoms with Crippen LogP contribution in [-0.4, -0.2) is 30.6 Å². The Labute approximate surface area is 104 Å². The molecule has 3 N–H and O–H groups in total. The maximum Gasteiger partial charge on any atom is 0.122 e. The van der Waals surface area contributed by atoms with Gasteiger partial charge in [-0.15, -0.1) is 0 Å². The highest BCUT2D eigenvalue weighted by atomic mass is 16.3. The molecule has 0 fully saturated rings. The van der Waals surface area contributed by atoms with Gasteiger partial charge in [-0.25, -0.2) is 0 Å². The van der Waals surface area contributed by atoms with E-state index < -0.39 is 0 Å². The standard InChI is InChI=1S/C14H24N2O/c1-11-8-12(6-4-5-7-15)9-13(14(11)17)10-16(2)3/h8-9,17H,4-7,10,15H2,1-3H3. The van der Waals surface area contributed by atoms with Crippen molar-refractivity contribution in [2.45, 2.75) is 32.7 Å². The lowest BCUT2D eigenvalue weighted by atomic mass is 10.0. The number of unbranched alkanes of at least 4 members (excludes halogenated alkanes) is 1. The Balaban J connectivity index is 2.82. The maximum atomic E-state index is 10.00. The minimum atomic E-state index is 0.432. The summed E-state index contributed by atoms with van der Waals surface area (Å²) in [6.45, 7) is 3.49. The average molecular weight is 236 g/mol. The van der Waals surface area contributed by atoms with E-state index >= 15 is 0 Å². The van der Waals surface area contributed by atoms with E-state index in [0.717, 1.165) is 43.5 Å². The van der Waals surface area contributed by atoms with Crippen LogP contribution in [0.15, 0.2) is 12.1 Å². The molecule has 0 spiro atoms. The fourth-order valence-corrected chi connectivity index (χ4v) is 2.01. The zero-order valence-corrected chi connectivity index (χ0v) is 11.2. The van der Waals surface area contributed by atoms with Gasteiger partial charge in [-0.05, 0) is 58.0 Å². The molecule has 1 aromatic rings. The van der Waals surface area contributed by atoms with E-state index in [4.69, 9.17) is 5.73 Å². The molecule has 17 heavy (non-hydrogen) atoms. The fourth-order valence-electron chi connectivity index (χ4n) is 2.01. The third kappa shape index (κ3) is 4.36. The molecule has 0 saturated carbocycles. The first-order valence-electron chi connectivity index (χ1n) is 6.20. The first kappa shape index (κ1) is 14.0. The Kier molecular flexibility index (Phi) is 5.45. The Hall–Kier alpha value is -1.06. The van der Waals surface area contributed by atoms with Crippen molar-refractivity contribution in [3.63, 3.8) is 0 Å². The lowest BCUT2D eigenvalue weighted by molar-refractivity contribution is 0.384. The third-order valence-electron chi connectivity index (χ3n) is 2.85. The van der Waals surface area contributed by atoms with Gasteiger partial charge in [-0.2, -0.15) is 0 Å². The van der Waals surface area contributed by atoms with Gasteiger partial charge in [0.2, 0.25) is 0 Å². The second-order valence-electron chi connectivity index (χ2n) is 4.90. The van der Waals surface area contributed by atoms with Gasteiger partial charge in [0.05, 0.1) is 0 Å². The largest absolute Gasteiger partial charge is 0.507 e. The van der Waals surface area contributed by atoms with Crippen LogP contribution in [0.4, 0.5) is 0 Å². The minimum absolute atomic E-state index is 0.432. The van der Waals surface area contributed by atoms with Crippen molar-refractivity contribution in [3.05, 3.63) is 28.8 Å². The number of phenols is 1. The quantitative estimate of drug-likeness (QED) is 0.743. The summed E-state index contributed by atoms with van der Waals surface area (Å²) in [7, 11) is 4.02. The van der Waals surface area contributed by atoms with Gasteiger partial charge in [0.15, 0.2) is 0 Å². The molecule has 0 aliphatic carbocycles. The summed E-state index contributed by atoms with van der Waals surface area (Å²) >= 11 is 0. The molecule has 0 amide bonds. The van der Waals surface area contributed by atoms with Gasteiger partial charge in [0.1, 0.15) is 5.75 Å². The van der Waals surface area contributed by atoms with Crippen molar-refractivity contribution in [1.29, 1.82) is 0 Å². The number of hydrogen-bond donors (Lipinski definition) is 2. The van der Waals surface area contributed by atoms with Gasteiger partial charge in [-0.3, -0.25) is 0 Å². The second kappa shape index (κ2) is 6.62. The molecule has 0 atom stereocenters. The number of nitrogens with zero attached hydrogens (tertiary/aromatic N) is 1. The van der Waals surface area contributed by atoms with Crippen LogP contribution in [0.5, 0.6) is 5.75 Å². The summed E-state index contributed by atoms with van der Waals surface area (Å²) in [5.41, 5.74) is 8.77. The van der Waals surface area contributed by atoms with Crippen molar-refractivity contribution in [1.82, 2.24) is 4.90 Å². The highest BCUT2D eigenvalue weighted by Gasteiger charge is 2.07. The number of phenolic OH excluding ortho intramolecular Hbond substituents is 1. The predicted octanol–water partition coefficient (Wildman–Crippen LogP) is 2.04. The van der Waals surface area contributed by atoms with E-state index in [0.29, 0.717) is 5.75 Å². The molecule has 0 aliphatic heterocycles. The molecule has 96 valence electrons. The summed E-state index contributed by atoms with van der Waals surface area (Å²) in [6.07, 6.45) is 3.21. The normalized spacial score (nSPS) is 11.1. The third-order valence-corrected chi connectivity index (χ3v) is 2.85. The number of rotatable bonds is 6. The van der Waals surface area contributed by atoms with Gasteiger partial charge in [0.25, 0.3) is 0 Å². The number of nitrogens with two attached hydrogens (primary N) is 1. The molecule has 0 radical (unpaired) electrons. The molecule has 0 aromatic heterocycles. The molecule has 3 heteroatoms. The van der Waals surface area contributed by atoms with Crippen LogP contribution in [0.2, 0.25) is 0 Å². The van der Waals surface area contributed by atoms with Crippen LogP contribution in [0, 0.1) is 6.92 Å². The molecule has 0 saturated heterocycles. The zero-order chi connectivity index (χ0) is 12.8. The van der Waals surface area contributed by atoms with Gasteiger partial charge < -0.3 is 15.7 Å². The number of benzene rings is 1. The maximum absolute atomic E-state index is 10.00. The van der Waals surface area contributed by atoms with E-state index in [2.05, 4.69) is 17.0 Å². The Morgan fingerprint density at radius 3 is 2.53 bits per heavy atom. The highest BCUT2D eigenvalue weighted by molar-refractivity contribution is 5.43. The second-order valence-corrected chi connectivity index (χ2v) is 4.90. The first-order valence-corrected chi connectivity index (χ1v) is 6.20. The van der Waals surface area contributed by atoms with Crippen LogP contribution in [0.1, 0.15) is 29.5 Å². The SMILES string of the molecule is Cc1cc(CCCCN)cc(CN(C)C)c1O. The van der Waals surface area contributed by atoms with Crippen molar-refractivity contribution in [2.24, 2.45) is 5.73 Å². The van der Waals surface area contributed by atoms with Crippen LogP contribution in [-0.2, 0) is 13.0 Å². The summed E-state index contributed by atoms with van der Waals surface area (Å²) < 4.78 is 0. The van der Waals surface area contributed by atoms with Gasteiger partial charge in [-0.1, -0.05) is 12.1 Å². The summed E-state index contributed by atoms with van der Waals surface area (Å²) in [4.78, 5) is 2.07. The lowest BCUT2D eigenvalue weighted by Crippen LogP contribution is -2.11. The Morgan fingerprint density at radius 2 is 1.94 bits per heavy atom. The monoisotopic (exact) mass is 236 g/mol. The average Bonchev–Trinajstić information content (AvgIpc) is 2.25. The van der Waals surface area contributed by atoms with E-state index in [1.165, 1.54) is 5.56 Å². The van der Waals surface area contributed by atoms with E-state index in [-0.39, 0.29) is 0 Å². The van der Waals surface area contributed by atoms with Crippen LogP contribution in [0.25, 0.3) is 0 Å². The minimum Gasteiger partial charge on any atom is -0.507 e. The number of aryl methyl sites for hydroxylation is 2. The molecule has 0 unspecified atom stereocenters. The molecule has 0 aliphatic rings. The molecular formula is C14H24N2O. The molecule has 1 rings (SSSR count). The van der Waals surface area contributed by atoms with Crippen molar-refractivity contribution < 1.29 is 5.11 Å². The van der Waals surface area contributed by atoms with E-state index in [9.17, 15) is 5.11 Å².